The molecular formula is C15H20N2O5. The minimum absolute atomic E-state index is 0.0156. The van der Waals surface area contributed by atoms with Gasteiger partial charge in [0.2, 0.25) is 5.91 Å². The highest BCUT2D eigenvalue weighted by molar-refractivity contribution is 5.83. The van der Waals surface area contributed by atoms with Crippen LogP contribution in [0, 0.1) is 10.1 Å². The van der Waals surface area contributed by atoms with Gasteiger partial charge in [-0.05, 0) is 6.42 Å². The topological polar surface area (TPSA) is 98.5 Å². The highest BCUT2D eigenvalue weighted by Gasteiger charge is 2.25. The van der Waals surface area contributed by atoms with E-state index in [0.29, 0.717) is 5.56 Å². The zero-order valence-electron chi connectivity index (χ0n) is 12.7. The predicted octanol–water partition coefficient (Wildman–Crippen LogP) is 1.99. The average molecular weight is 308 g/mol. The van der Waals surface area contributed by atoms with Crippen LogP contribution in [-0.4, -0.2) is 29.4 Å². The fourth-order valence-corrected chi connectivity index (χ4v) is 1.94. The minimum Gasteiger partial charge on any atom is -0.464 e. The zero-order chi connectivity index (χ0) is 16.5. The Kier molecular flexibility index (Phi) is 7.01. The highest BCUT2D eigenvalue weighted by atomic mass is 16.6. The third-order valence-corrected chi connectivity index (χ3v) is 3.02. The predicted molar refractivity (Wildman–Crippen MR) is 80.3 cm³/mol. The first-order chi connectivity index (χ1) is 10.5. The third-order valence-electron chi connectivity index (χ3n) is 3.02. The normalized spacial score (nSPS) is 11.5. The first-order valence-corrected chi connectivity index (χ1v) is 7.11. The quantitative estimate of drug-likeness (QED) is 0.343. The fourth-order valence-electron chi connectivity index (χ4n) is 1.94. The number of hydrogen-bond acceptors (Lipinski definition) is 5. The van der Waals surface area contributed by atoms with Crippen molar-refractivity contribution in [1.29, 1.82) is 0 Å². The maximum absolute atomic E-state index is 12.0. The number of ether oxygens (including phenoxy) is 1. The Morgan fingerprint density at radius 1 is 1.36 bits per heavy atom. The SMILES string of the molecule is CCCCOC(=O)[C@H](Cc1ccccc1[N+](=O)[O-])NC(C)=O. The van der Waals surface area contributed by atoms with Crippen molar-refractivity contribution in [3.8, 4) is 0 Å². The summed E-state index contributed by atoms with van der Waals surface area (Å²) < 4.78 is 5.09. The highest BCUT2D eigenvalue weighted by Crippen LogP contribution is 2.19. The summed E-state index contributed by atoms with van der Waals surface area (Å²) in [6.45, 7) is 3.51. The molecule has 1 N–H and O–H groups in total. The van der Waals surface area contributed by atoms with E-state index in [1.807, 2.05) is 6.92 Å². The Balaban J connectivity index is 2.87. The Labute approximate surface area is 128 Å². The number of hydrogen-bond donors (Lipinski definition) is 1. The number of unbranched alkanes of at least 4 members (excludes halogenated alkanes) is 1. The number of benzene rings is 1. The molecule has 0 spiro atoms. The molecule has 0 fully saturated rings. The van der Waals surface area contributed by atoms with Crippen LogP contribution < -0.4 is 5.32 Å². The number of nitrogens with one attached hydrogen (secondary N) is 1. The molecule has 1 atom stereocenters. The van der Waals surface area contributed by atoms with Gasteiger partial charge in [0.05, 0.1) is 11.5 Å². The molecule has 0 saturated carbocycles. The van der Waals surface area contributed by atoms with Crippen LogP contribution in [0.25, 0.3) is 0 Å². The molecule has 1 rings (SSSR count). The Morgan fingerprint density at radius 2 is 2.05 bits per heavy atom. The van der Waals surface area contributed by atoms with Gasteiger partial charge in [0.15, 0.2) is 0 Å². The number of carbonyl (C=O) groups excluding carboxylic acids is 2. The number of amides is 1. The van der Waals surface area contributed by atoms with Crippen molar-refractivity contribution in [3.05, 3.63) is 39.9 Å². The molecule has 0 radical (unpaired) electrons. The number of nitrogens with zero attached hydrogens (tertiary/aromatic N) is 1. The summed E-state index contributed by atoms with van der Waals surface area (Å²) >= 11 is 0. The maximum atomic E-state index is 12.0. The number of carbonyl (C=O) groups is 2. The van der Waals surface area contributed by atoms with Crippen molar-refractivity contribution in [2.24, 2.45) is 0 Å². The van der Waals surface area contributed by atoms with Crippen LogP contribution in [0.1, 0.15) is 32.3 Å². The lowest BCUT2D eigenvalue weighted by atomic mass is 10.0. The summed E-state index contributed by atoms with van der Waals surface area (Å²) in [5.41, 5.74) is 0.290. The molecule has 0 aromatic heterocycles. The molecule has 0 unspecified atom stereocenters. The second-order valence-corrected chi connectivity index (χ2v) is 4.86. The van der Waals surface area contributed by atoms with E-state index >= 15 is 0 Å². The molecular weight excluding hydrogens is 288 g/mol. The van der Waals surface area contributed by atoms with Crippen molar-refractivity contribution in [2.75, 3.05) is 6.61 Å². The van der Waals surface area contributed by atoms with Gasteiger partial charge in [0.1, 0.15) is 6.04 Å². The van der Waals surface area contributed by atoms with Gasteiger partial charge in [-0.25, -0.2) is 4.79 Å². The molecule has 7 heteroatoms. The molecule has 1 aromatic rings. The van der Waals surface area contributed by atoms with Gasteiger partial charge in [-0.15, -0.1) is 0 Å². The molecule has 7 nitrogen and oxygen atoms in total. The molecule has 0 aliphatic rings. The van der Waals surface area contributed by atoms with Gasteiger partial charge in [-0.2, -0.15) is 0 Å². The standard InChI is InChI=1S/C15H20N2O5/c1-3-4-9-22-15(19)13(16-11(2)18)10-12-7-5-6-8-14(12)17(20)21/h5-8,13H,3-4,9-10H2,1-2H3,(H,16,18)/t13-/m0/s1. The molecule has 0 heterocycles. The largest absolute Gasteiger partial charge is 0.464 e. The van der Waals surface area contributed by atoms with E-state index in [-0.39, 0.29) is 18.7 Å². The van der Waals surface area contributed by atoms with Crippen LogP contribution >= 0.6 is 0 Å². The van der Waals surface area contributed by atoms with Crippen LogP contribution in [0.15, 0.2) is 24.3 Å². The van der Waals surface area contributed by atoms with Gasteiger partial charge in [-0.1, -0.05) is 31.5 Å². The van der Waals surface area contributed by atoms with E-state index in [9.17, 15) is 19.7 Å². The Hall–Kier alpha value is -2.44. The van der Waals surface area contributed by atoms with Crippen molar-refractivity contribution >= 4 is 17.6 Å². The van der Waals surface area contributed by atoms with Crippen LogP contribution in [0.2, 0.25) is 0 Å². The van der Waals surface area contributed by atoms with Gasteiger partial charge in [0.25, 0.3) is 5.69 Å². The molecule has 120 valence electrons. The third kappa shape index (κ3) is 5.51. The van der Waals surface area contributed by atoms with Crippen molar-refractivity contribution in [3.63, 3.8) is 0 Å². The van der Waals surface area contributed by atoms with Gasteiger partial charge < -0.3 is 10.1 Å². The van der Waals surface area contributed by atoms with E-state index < -0.39 is 22.8 Å². The lowest BCUT2D eigenvalue weighted by Crippen LogP contribution is -2.42. The maximum Gasteiger partial charge on any atom is 0.328 e. The lowest BCUT2D eigenvalue weighted by Gasteiger charge is -2.16. The van der Waals surface area contributed by atoms with Gasteiger partial charge >= 0.3 is 5.97 Å². The second kappa shape index (κ2) is 8.76. The molecule has 0 saturated heterocycles. The van der Waals surface area contributed by atoms with E-state index in [0.717, 1.165) is 12.8 Å². The van der Waals surface area contributed by atoms with Gasteiger partial charge in [-0.3, -0.25) is 14.9 Å². The molecule has 0 bridgehead atoms. The van der Waals surface area contributed by atoms with Crippen molar-refractivity contribution < 1.29 is 19.2 Å². The van der Waals surface area contributed by atoms with E-state index in [1.165, 1.54) is 13.0 Å². The van der Waals surface area contributed by atoms with Crippen LogP contribution in [0.5, 0.6) is 0 Å². The average Bonchev–Trinajstić information content (AvgIpc) is 2.46. The number of rotatable bonds is 8. The molecule has 1 aromatic carbocycles. The number of nitro groups is 1. The van der Waals surface area contributed by atoms with Gasteiger partial charge in [0, 0.05) is 25.0 Å². The minimum atomic E-state index is -0.935. The number of esters is 1. The fraction of sp³-hybridized carbons (Fsp3) is 0.467. The number of nitro benzene ring substituents is 1. The van der Waals surface area contributed by atoms with Crippen molar-refractivity contribution in [2.45, 2.75) is 39.2 Å². The van der Waals surface area contributed by atoms with E-state index in [4.69, 9.17) is 4.74 Å². The second-order valence-electron chi connectivity index (χ2n) is 4.86. The van der Waals surface area contributed by atoms with Crippen molar-refractivity contribution in [1.82, 2.24) is 5.32 Å². The first-order valence-electron chi connectivity index (χ1n) is 7.11. The summed E-state index contributed by atoms with van der Waals surface area (Å²) in [7, 11) is 0. The zero-order valence-corrected chi connectivity index (χ0v) is 12.7. The Bertz CT molecular complexity index is 544. The first kappa shape index (κ1) is 17.6. The lowest BCUT2D eigenvalue weighted by molar-refractivity contribution is -0.385. The molecule has 22 heavy (non-hydrogen) atoms. The number of para-hydroxylation sites is 1. The van der Waals surface area contributed by atoms with Crippen LogP contribution in [0.3, 0.4) is 0 Å². The van der Waals surface area contributed by atoms with E-state index in [1.54, 1.807) is 18.2 Å². The molecule has 1 amide bonds. The smallest absolute Gasteiger partial charge is 0.328 e. The summed E-state index contributed by atoms with van der Waals surface area (Å²) in [6, 6.07) is 5.19. The molecule has 0 aliphatic carbocycles. The van der Waals surface area contributed by atoms with Crippen LogP contribution in [0.4, 0.5) is 5.69 Å². The summed E-state index contributed by atoms with van der Waals surface area (Å²) in [5, 5.41) is 13.5. The van der Waals surface area contributed by atoms with E-state index in [2.05, 4.69) is 5.32 Å². The monoisotopic (exact) mass is 308 g/mol. The summed E-state index contributed by atoms with van der Waals surface area (Å²) in [6.07, 6.45) is 1.62. The molecule has 0 aliphatic heterocycles. The summed E-state index contributed by atoms with van der Waals surface area (Å²) in [4.78, 5) is 33.8. The summed E-state index contributed by atoms with van der Waals surface area (Å²) in [5.74, 6) is -0.974. The van der Waals surface area contributed by atoms with Crippen LogP contribution in [-0.2, 0) is 20.7 Å². The Morgan fingerprint density at radius 3 is 2.64 bits per heavy atom.